The molecule has 0 saturated heterocycles. The molecule has 3 saturated carbocycles. The number of hydrogen-bond donors (Lipinski definition) is 1. The zero-order valence-electron chi connectivity index (χ0n) is 9.15. The first-order valence-corrected chi connectivity index (χ1v) is 5.98. The molecule has 0 aromatic carbocycles. The topological polar surface area (TPSA) is 37.3 Å². The highest BCUT2D eigenvalue weighted by molar-refractivity contribution is 5.85. The van der Waals surface area contributed by atoms with E-state index < -0.39 is 5.97 Å². The second-order valence-corrected chi connectivity index (χ2v) is 5.09. The Morgan fingerprint density at radius 3 is 2.13 bits per heavy atom. The summed E-state index contributed by atoms with van der Waals surface area (Å²) in [7, 11) is 0. The molecule has 3 aliphatic carbocycles. The van der Waals surface area contributed by atoms with Crippen LogP contribution in [0.1, 0.15) is 51.4 Å². The molecule has 0 aromatic heterocycles. The van der Waals surface area contributed by atoms with Crippen molar-refractivity contribution < 1.29 is 9.90 Å². The van der Waals surface area contributed by atoms with E-state index in [1.54, 1.807) is 0 Å². The molecular weight excluding hydrogens is 212 g/mol. The van der Waals surface area contributed by atoms with Gasteiger partial charge in [-0.3, -0.25) is 4.79 Å². The minimum Gasteiger partial charge on any atom is -0.481 e. The lowest BCUT2D eigenvalue weighted by Crippen LogP contribution is -2.19. The second-order valence-electron chi connectivity index (χ2n) is 5.09. The third-order valence-electron chi connectivity index (χ3n) is 4.10. The molecule has 2 nitrogen and oxygen atoms in total. The lowest BCUT2D eigenvalue weighted by molar-refractivity contribution is -0.142. The van der Waals surface area contributed by atoms with Gasteiger partial charge in [0.2, 0.25) is 0 Å². The van der Waals surface area contributed by atoms with Crippen molar-refractivity contribution in [2.45, 2.75) is 51.4 Å². The Morgan fingerprint density at radius 1 is 0.933 bits per heavy atom. The number of aliphatic carboxylic acids is 1. The molecule has 1 unspecified atom stereocenters. The summed E-state index contributed by atoms with van der Waals surface area (Å²) in [5.74, 6) is 1.02. The minimum atomic E-state index is -0.560. The zero-order valence-corrected chi connectivity index (χ0v) is 9.97. The van der Waals surface area contributed by atoms with Crippen LogP contribution in [0.3, 0.4) is 0 Å². The molecule has 2 bridgehead atoms. The van der Waals surface area contributed by atoms with Gasteiger partial charge in [0.05, 0.1) is 5.92 Å². The third-order valence-corrected chi connectivity index (χ3v) is 4.10. The fraction of sp³-hybridized carbons (Fsp3) is 0.917. The molecule has 3 fully saturated rings. The first-order valence-electron chi connectivity index (χ1n) is 5.98. The molecule has 3 aliphatic rings. The summed E-state index contributed by atoms with van der Waals surface area (Å²) in [6.45, 7) is 0. The highest BCUT2D eigenvalue weighted by Gasteiger charge is 2.28. The SMILES string of the molecule is Cl.O=C(O)C1CCCC2CCC(CC2)C1. The van der Waals surface area contributed by atoms with E-state index in [1.807, 2.05) is 0 Å². The van der Waals surface area contributed by atoms with Crippen LogP contribution in [0.4, 0.5) is 0 Å². The molecule has 3 rings (SSSR count). The van der Waals surface area contributed by atoms with Crippen molar-refractivity contribution in [3.05, 3.63) is 0 Å². The van der Waals surface area contributed by atoms with Crippen LogP contribution < -0.4 is 0 Å². The first-order chi connectivity index (χ1) is 6.75. The van der Waals surface area contributed by atoms with Crippen LogP contribution in [0.25, 0.3) is 0 Å². The van der Waals surface area contributed by atoms with Crippen molar-refractivity contribution in [1.29, 1.82) is 0 Å². The van der Waals surface area contributed by atoms with Gasteiger partial charge in [0.1, 0.15) is 0 Å². The molecule has 1 N–H and O–H groups in total. The van der Waals surface area contributed by atoms with Gasteiger partial charge in [-0.25, -0.2) is 0 Å². The molecule has 0 radical (unpaired) electrons. The summed E-state index contributed by atoms with van der Waals surface area (Å²) < 4.78 is 0. The Hall–Kier alpha value is -0.240. The fourth-order valence-electron chi connectivity index (χ4n) is 3.15. The Labute approximate surface area is 97.9 Å². The van der Waals surface area contributed by atoms with Crippen LogP contribution in [0, 0.1) is 17.8 Å². The minimum absolute atomic E-state index is 0. The van der Waals surface area contributed by atoms with E-state index in [0.717, 1.165) is 25.2 Å². The van der Waals surface area contributed by atoms with Gasteiger partial charge >= 0.3 is 5.97 Å². The number of carbonyl (C=O) groups is 1. The number of carboxylic acids is 1. The zero-order chi connectivity index (χ0) is 9.97. The van der Waals surface area contributed by atoms with Gasteiger partial charge in [-0.15, -0.1) is 12.4 Å². The first kappa shape index (κ1) is 12.8. The van der Waals surface area contributed by atoms with E-state index in [0.29, 0.717) is 5.92 Å². The fourth-order valence-corrected chi connectivity index (χ4v) is 3.15. The van der Waals surface area contributed by atoms with Crippen molar-refractivity contribution in [3.8, 4) is 0 Å². The van der Waals surface area contributed by atoms with Gasteiger partial charge in [0.15, 0.2) is 0 Å². The van der Waals surface area contributed by atoms with Crippen LogP contribution in [0.15, 0.2) is 0 Å². The molecule has 0 heterocycles. The molecule has 0 spiro atoms. The summed E-state index contributed by atoms with van der Waals surface area (Å²) in [4.78, 5) is 11.0. The average Bonchev–Trinajstić information content (AvgIpc) is 2.33. The van der Waals surface area contributed by atoms with Crippen molar-refractivity contribution in [3.63, 3.8) is 0 Å². The van der Waals surface area contributed by atoms with Gasteiger partial charge in [0.25, 0.3) is 0 Å². The van der Waals surface area contributed by atoms with Crippen LogP contribution in [0.5, 0.6) is 0 Å². The molecule has 0 aromatic rings. The van der Waals surface area contributed by atoms with Gasteiger partial charge in [-0.2, -0.15) is 0 Å². The number of halogens is 1. The van der Waals surface area contributed by atoms with Gasteiger partial charge in [0, 0.05) is 0 Å². The predicted octanol–water partition coefficient (Wildman–Crippen LogP) is 3.49. The molecule has 0 aliphatic heterocycles. The quantitative estimate of drug-likeness (QED) is 0.752. The molecule has 15 heavy (non-hydrogen) atoms. The lowest BCUT2D eigenvalue weighted by Gasteiger charge is -2.27. The Balaban J connectivity index is 0.00000112. The van der Waals surface area contributed by atoms with Crippen molar-refractivity contribution >= 4 is 18.4 Å². The van der Waals surface area contributed by atoms with E-state index in [4.69, 9.17) is 5.11 Å². The average molecular weight is 233 g/mol. The Kier molecular flexibility index (Phi) is 4.91. The van der Waals surface area contributed by atoms with E-state index in [2.05, 4.69) is 0 Å². The highest BCUT2D eigenvalue weighted by atomic mass is 35.5. The Bertz CT molecular complexity index is 210. The summed E-state index contributed by atoms with van der Waals surface area (Å²) in [5, 5.41) is 9.07. The van der Waals surface area contributed by atoms with E-state index in [9.17, 15) is 4.79 Å². The van der Waals surface area contributed by atoms with Gasteiger partial charge < -0.3 is 5.11 Å². The summed E-state index contributed by atoms with van der Waals surface area (Å²) in [6, 6.07) is 0. The largest absolute Gasteiger partial charge is 0.481 e. The monoisotopic (exact) mass is 232 g/mol. The highest BCUT2D eigenvalue weighted by Crippen LogP contribution is 2.38. The summed E-state index contributed by atoms with van der Waals surface area (Å²) in [6.07, 6.45) is 9.56. The predicted molar refractivity (Wildman–Crippen MR) is 62.3 cm³/mol. The molecule has 0 amide bonds. The molecular formula is C12H21ClO2. The van der Waals surface area contributed by atoms with Crippen molar-refractivity contribution in [2.24, 2.45) is 17.8 Å². The maximum Gasteiger partial charge on any atom is 0.306 e. The normalized spacial score (nSPS) is 35.9. The summed E-state index contributed by atoms with van der Waals surface area (Å²) >= 11 is 0. The van der Waals surface area contributed by atoms with Crippen molar-refractivity contribution in [2.75, 3.05) is 0 Å². The Morgan fingerprint density at radius 2 is 1.53 bits per heavy atom. The number of carboxylic acid groups (broad SMARTS) is 1. The van der Waals surface area contributed by atoms with Gasteiger partial charge in [-0.1, -0.05) is 38.5 Å². The molecule has 3 heteroatoms. The molecule has 1 atom stereocenters. The lowest BCUT2D eigenvalue weighted by atomic mass is 9.79. The van der Waals surface area contributed by atoms with Crippen LogP contribution in [0.2, 0.25) is 0 Å². The number of rotatable bonds is 1. The van der Waals surface area contributed by atoms with Crippen LogP contribution in [-0.4, -0.2) is 11.1 Å². The standard InChI is InChI=1S/C12H20O2.ClH/c13-12(14)11-3-1-2-9-4-6-10(8-11)7-5-9;/h9-11H,1-8H2,(H,13,14);1H. The van der Waals surface area contributed by atoms with Crippen molar-refractivity contribution in [1.82, 2.24) is 0 Å². The molecule has 88 valence electrons. The maximum absolute atomic E-state index is 11.0. The van der Waals surface area contributed by atoms with E-state index in [1.165, 1.54) is 32.1 Å². The number of fused-ring (bicyclic) bond motifs is 6. The smallest absolute Gasteiger partial charge is 0.306 e. The maximum atomic E-state index is 11.0. The number of hydrogen-bond acceptors (Lipinski definition) is 1. The second kappa shape index (κ2) is 5.74. The van der Waals surface area contributed by atoms with Crippen LogP contribution in [-0.2, 0) is 4.79 Å². The van der Waals surface area contributed by atoms with Gasteiger partial charge in [-0.05, 0) is 24.7 Å². The van der Waals surface area contributed by atoms with E-state index in [-0.39, 0.29) is 18.3 Å². The third kappa shape index (κ3) is 3.37. The van der Waals surface area contributed by atoms with Crippen LogP contribution >= 0.6 is 12.4 Å². The summed E-state index contributed by atoms with van der Waals surface area (Å²) in [5.41, 5.74) is 0. The van der Waals surface area contributed by atoms with E-state index >= 15 is 0 Å².